The number of halogens is 1. The van der Waals surface area contributed by atoms with Crippen molar-refractivity contribution in [3.63, 3.8) is 0 Å². The smallest absolute Gasteiger partial charge is 0.127 e. The van der Waals surface area contributed by atoms with Crippen LogP contribution in [0.15, 0.2) is 18.2 Å². The maximum atomic E-state index is 13.3. The zero-order chi connectivity index (χ0) is 13.2. The van der Waals surface area contributed by atoms with Crippen LogP contribution in [0.1, 0.15) is 32.6 Å². The number of nitrogen functional groups attached to an aromatic ring is 1. The molecule has 0 spiro atoms. The maximum absolute atomic E-state index is 13.3. The van der Waals surface area contributed by atoms with Crippen molar-refractivity contribution in [2.45, 2.75) is 38.1 Å². The normalized spacial score (nSPS) is 28.1. The van der Waals surface area contributed by atoms with Crippen LogP contribution in [0.4, 0.5) is 15.8 Å². The molecule has 4 heteroatoms. The minimum absolute atomic E-state index is 0.0656. The first-order valence-electron chi connectivity index (χ1n) is 6.48. The SMILES string of the molecule is CC1CCC(CO)(Nc2cc(N)cc(F)c2)CC1. The number of nitrogens with two attached hydrogens (primary N) is 1. The van der Waals surface area contributed by atoms with Crippen molar-refractivity contribution in [3.8, 4) is 0 Å². The van der Waals surface area contributed by atoms with E-state index in [0.717, 1.165) is 25.7 Å². The quantitative estimate of drug-likeness (QED) is 0.725. The summed E-state index contributed by atoms with van der Waals surface area (Å²) in [6.45, 7) is 2.29. The first kappa shape index (κ1) is 13.1. The fraction of sp³-hybridized carbons (Fsp3) is 0.571. The standard InChI is InChI=1S/C14H21FN2O/c1-10-2-4-14(9-18,5-3-10)17-13-7-11(15)6-12(16)8-13/h6-8,10,17-18H,2-5,9,16H2,1H3. The van der Waals surface area contributed by atoms with E-state index >= 15 is 0 Å². The molecule has 100 valence electrons. The lowest BCUT2D eigenvalue weighted by Gasteiger charge is -2.39. The highest BCUT2D eigenvalue weighted by Gasteiger charge is 2.33. The lowest BCUT2D eigenvalue weighted by molar-refractivity contribution is 0.155. The summed E-state index contributed by atoms with van der Waals surface area (Å²) < 4.78 is 13.3. The Kier molecular flexibility index (Phi) is 3.76. The van der Waals surface area contributed by atoms with E-state index in [1.807, 2.05) is 0 Å². The summed E-state index contributed by atoms with van der Waals surface area (Å²) in [7, 11) is 0. The molecular weight excluding hydrogens is 231 g/mol. The third-order valence-corrected chi connectivity index (χ3v) is 3.86. The van der Waals surface area contributed by atoms with E-state index in [0.29, 0.717) is 17.3 Å². The van der Waals surface area contributed by atoms with E-state index in [4.69, 9.17) is 5.73 Å². The van der Waals surface area contributed by atoms with Crippen molar-refractivity contribution >= 4 is 11.4 Å². The Hall–Kier alpha value is -1.29. The average molecular weight is 252 g/mol. The molecule has 1 aromatic carbocycles. The number of aliphatic hydroxyl groups excluding tert-OH is 1. The van der Waals surface area contributed by atoms with Crippen LogP contribution in [0.2, 0.25) is 0 Å². The van der Waals surface area contributed by atoms with Gasteiger partial charge < -0.3 is 16.2 Å². The lowest BCUT2D eigenvalue weighted by Crippen LogP contribution is -2.45. The Morgan fingerprint density at radius 2 is 2.06 bits per heavy atom. The second kappa shape index (κ2) is 5.14. The Morgan fingerprint density at radius 1 is 1.39 bits per heavy atom. The largest absolute Gasteiger partial charge is 0.399 e. The molecule has 0 bridgehead atoms. The van der Waals surface area contributed by atoms with Crippen molar-refractivity contribution < 1.29 is 9.50 Å². The Labute approximate surface area is 107 Å². The molecule has 2 rings (SSSR count). The van der Waals surface area contributed by atoms with Gasteiger partial charge in [-0.15, -0.1) is 0 Å². The van der Waals surface area contributed by atoms with Crippen LogP contribution in [-0.4, -0.2) is 17.3 Å². The third-order valence-electron chi connectivity index (χ3n) is 3.86. The fourth-order valence-corrected chi connectivity index (χ4v) is 2.63. The zero-order valence-electron chi connectivity index (χ0n) is 10.7. The molecule has 0 amide bonds. The molecule has 3 nitrogen and oxygen atoms in total. The van der Waals surface area contributed by atoms with Gasteiger partial charge in [0.05, 0.1) is 12.1 Å². The molecule has 18 heavy (non-hydrogen) atoms. The molecule has 1 aliphatic rings. The van der Waals surface area contributed by atoms with E-state index in [-0.39, 0.29) is 18.0 Å². The Morgan fingerprint density at radius 3 is 2.61 bits per heavy atom. The number of rotatable bonds is 3. The van der Waals surface area contributed by atoms with Gasteiger partial charge in [-0.3, -0.25) is 0 Å². The molecule has 0 unspecified atom stereocenters. The highest BCUT2D eigenvalue weighted by molar-refractivity contribution is 5.56. The molecule has 1 aliphatic carbocycles. The zero-order valence-corrected chi connectivity index (χ0v) is 10.7. The minimum atomic E-state index is -0.352. The number of hydrogen-bond acceptors (Lipinski definition) is 3. The third kappa shape index (κ3) is 2.93. The maximum Gasteiger partial charge on any atom is 0.127 e. The monoisotopic (exact) mass is 252 g/mol. The van der Waals surface area contributed by atoms with Crippen LogP contribution in [0, 0.1) is 11.7 Å². The topological polar surface area (TPSA) is 58.3 Å². The second-order valence-electron chi connectivity index (χ2n) is 5.52. The summed E-state index contributed by atoms with van der Waals surface area (Å²) >= 11 is 0. The Bertz CT molecular complexity index is 394. The molecule has 0 atom stereocenters. The molecular formula is C14H21FN2O. The summed E-state index contributed by atoms with van der Waals surface area (Å²) in [5.74, 6) is 0.346. The van der Waals surface area contributed by atoms with Gasteiger partial charge in [0.1, 0.15) is 5.82 Å². The second-order valence-corrected chi connectivity index (χ2v) is 5.52. The van der Waals surface area contributed by atoms with Crippen LogP contribution < -0.4 is 11.1 Å². The highest BCUT2D eigenvalue weighted by atomic mass is 19.1. The lowest BCUT2D eigenvalue weighted by atomic mass is 9.77. The number of nitrogens with one attached hydrogen (secondary N) is 1. The minimum Gasteiger partial charge on any atom is -0.399 e. The summed E-state index contributed by atoms with van der Waals surface area (Å²) in [6, 6.07) is 4.42. The van der Waals surface area contributed by atoms with Crippen molar-refractivity contribution in [2.75, 3.05) is 17.7 Å². The first-order valence-corrected chi connectivity index (χ1v) is 6.48. The van der Waals surface area contributed by atoms with Gasteiger partial charge >= 0.3 is 0 Å². The molecule has 4 N–H and O–H groups in total. The molecule has 1 fully saturated rings. The van der Waals surface area contributed by atoms with Gasteiger partial charge in [-0.25, -0.2) is 4.39 Å². The van der Waals surface area contributed by atoms with Crippen molar-refractivity contribution in [2.24, 2.45) is 5.92 Å². The predicted octanol–water partition coefficient (Wildman–Crippen LogP) is 2.76. The van der Waals surface area contributed by atoms with Gasteiger partial charge in [-0.2, -0.15) is 0 Å². The van der Waals surface area contributed by atoms with E-state index in [9.17, 15) is 9.50 Å². The van der Waals surface area contributed by atoms with Gasteiger partial charge in [0.25, 0.3) is 0 Å². The summed E-state index contributed by atoms with van der Waals surface area (Å²) in [6.07, 6.45) is 3.97. The molecule has 0 saturated heterocycles. The van der Waals surface area contributed by atoms with Gasteiger partial charge in [0.2, 0.25) is 0 Å². The summed E-state index contributed by atoms with van der Waals surface area (Å²) in [5, 5.41) is 12.9. The summed E-state index contributed by atoms with van der Waals surface area (Å²) in [4.78, 5) is 0. The van der Waals surface area contributed by atoms with Crippen molar-refractivity contribution in [1.82, 2.24) is 0 Å². The fourth-order valence-electron chi connectivity index (χ4n) is 2.63. The van der Waals surface area contributed by atoms with Crippen molar-refractivity contribution in [3.05, 3.63) is 24.0 Å². The van der Waals surface area contributed by atoms with Gasteiger partial charge in [0, 0.05) is 11.4 Å². The molecule has 0 aromatic heterocycles. The molecule has 1 saturated carbocycles. The molecule has 0 radical (unpaired) electrons. The number of aliphatic hydroxyl groups is 1. The number of hydrogen-bond donors (Lipinski definition) is 3. The van der Waals surface area contributed by atoms with E-state index in [1.165, 1.54) is 12.1 Å². The van der Waals surface area contributed by atoms with Crippen LogP contribution in [0.25, 0.3) is 0 Å². The van der Waals surface area contributed by atoms with Gasteiger partial charge in [-0.05, 0) is 49.8 Å². The van der Waals surface area contributed by atoms with Crippen molar-refractivity contribution in [1.29, 1.82) is 0 Å². The van der Waals surface area contributed by atoms with Crippen LogP contribution in [0.5, 0.6) is 0 Å². The molecule has 1 aromatic rings. The predicted molar refractivity (Wildman–Crippen MR) is 71.9 cm³/mol. The van der Waals surface area contributed by atoms with Gasteiger partial charge in [0.15, 0.2) is 0 Å². The molecule has 0 heterocycles. The number of anilines is 2. The van der Waals surface area contributed by atoms with Crippen LogP contribution in [-0.2, 0) is 0 Å². The first-order chi connectivity index (χ1) is 8.53. The van der Waals surface area contributed by atoms with Crippen LogP contribution in [0.3, 0.4) is 0 Å². The highest BCUT2D eigenvalue weighted by Crippen LogP contribution is 2.34. The van der Waals surface area contributed by atoms with Gasteiger partial charge in [-0.1, -0.05) is 6.92 Å². The summed E-state index contributed by atoms with van der Waals surface area (Å²) in [5.41, 5.74) is 6.35. The van der Waals surface area contributed by atoms with E-state index in [1.54, 1.807) is 6.07 Å². The Balaban J connectivity index is 2.14. The van der Waals surface area contributed by atoms with E-state index < -0.39 is 0 Å². The van der Waals surface area contributed by atoms with Crippen LogP contribution >= 0.6 is 0 Å². The number of benzene rings is 1. The van der Waals surface area contributed by atoms with E-state index in [2.05, 4.69) is 12.2 Å². The molecule has 0 aliphatic heterocycles. The average Bonchev–Trinajstić information content (AvgIpc) is 2.31.